The van der Waals surface area contributed by atoms with Crippen LogP contribution in [0.2, 0.25) is 0 Å². The molecule has 0 aliphatic carbocycles. The van der Waals surface area contributed by atoms with Crippen LogP contribution in [0, 0.1) is 0 Å². The maximum Gasteiger partial charge on any atom is 0 e. The molecule has 0 fully saturated rings. The van der Waals surface area contributed by atoms with Crippen molar-refractivity contribution in [3.63, 3.8) is 0 Å². The van der Waals surface area contributed by atoms with E-state index in [0.29, 0.717) is 0 Å². The van der Waals surface area contributed by atoms with Gasteiger partial charge in [0, 0.05) is 27.3 Å². The Kier molecular flexibility index (Phi) is 20.0. The molecule has 0 aromatic heterocycles. The van der Waals surface area contributed by atoms with Crippen molar-refractivity contribution < 1.29 is 22.5 Å². The van der Waals surface area contributed by atoms with Crippen molar-refractivity contribution in [1.29, 1.82) is 0 Å². The predicted octanol–water partition coefficient (Wildman–Crippen LogP) is -0.621. The van der Waals surface area contributed by atoms with Crippen molar-refractivity contribution >= 4 is 27.3 Å². The van der Waals surface area contributed by atoms with Crippen LogP contribution in [0.3, 0.4) is 0 Å². The fourth-order valence-corrected chi connectivity index (χ4v) is 0. The standard InChI is InChI=1S/Mn.2O.Tl. The van der Waals surface area contributed by atoms with Crippen molar-refractivity contribution in [2.75, 3.05) is 0 Å². The molecule has 2 nitrogen and oxygen atoms in total. The molecule has 0 rings (SSSR count). The molecule has 0 aromatic rings. The number of rotatable bonds is 0. The Morgan fingerprint density at radius 3 is 1.25 bits per heavy atom. The fraction of sp³-hybridized carbons (Fsp3) is 0. The Labute approximate surface area is 49.7 Å². The summed E-state index contributed by atoms with van der Waals surface area (Å²) < 4.78 is 16.8. The van der Waals surface area contributed by atoms with Gasteiger partial charge < -0.3 is 0 Å². The third kappa shape index (κ3) is 11.7. The van der Waals surface area contributed by atoms with Crippen molar-refractivity contribution in [2.24, 2.45) is 0 Å². The largest absolute Gasteiger partial charge is 0 e. The average Bonchev–Trinajstić information content (AvgIpc) is 0.918. The minimum Gasteiger partial charge on any atom is 0 e. The third-order valence-electron chi connectivity index (χ3n) is 0. The second kappa shape index (κ2) is 8.97. The minimum absolute atomic E-state index is 0. The van der Waals surface area contributed by atoms with Crippen LogP contribution < -0.4 is 0 Å². The molecule has 0 amide bonds. The van der Waals surface area contributed by atoms with Gasteiger partial charge in [-0.3, -0.25) is 0 Å². The molecular formula is MnO2Tl. The maximum absolute atomic E-state index is 8.41. The zero-order valence-corrected chi connectivity index (χ0v) is 7.44. The molecule has 0 unspecified atom stereocenters. The summed E-state index contributed by atoms with van der Waals surface area (Å²) in [6.07, 6.45) is 0. The second-order valence-electron chi connectivity index (χ2n) is 0.0630. The van der Waals surface area contributed by atoms with E-state index in [1.807, 2.05) is 0 Å². The van der Waals surface area contributed by atoms with Gasteiger partial charge in [-0.2, -0.15) is 0 Å². The van der Waals surface area contributed by atoms with E-state index in [-0.39, 0.29) is 27.3 Å². The Morgan fingerprint density at radius 2 is 1.25 bits per heavy atom. The minimum atomic E-state index is -1.44. The smallest absolute Gasteiger partial charge is 0 e. The molecule has 4 heteroatoms. The molecule has 0 saturated heterocycles. The average molecular weight is 291 g/mol. The van der Waals surface area contributed by atoms with Crippen LogP contribution in [0.15, 0.2) is 0 Å². The summed E-state index contributed by atoms with van der Waals surface area (Å²) in [5.74, 6) is 0. The van der Waals surface area contributed by atoms with E-state index in [1.54, 1.807) is 0 Å². The van der Waals surface area contributed by atoms with Crippen LogP contribution in [-0.4, -0.2) is 27.3 Å². The molecule has 0 aliphatic heterocycles. The van der Waals surface area contributed by atoms with Gasteiger partial charge in [-0.25, -0.2) is 0 Å². The van der Waals surface area contributed by atoms with Gasteiger partial charge in [0.15, 0.2) is 0 Å². The molecule has 0 saturated carbocycles. The van der Waals surface area contributed by atoms with Crippen LogP contribution in [0.25, 0.3) is 0 Å². The Hall–Kier alpha value is 1.04. The monoisotopic (exact) mass is 292 g/mol. The number of hydrogen-bond acceptors (Lipinski definition) is 2. The van der Waals surface area contributed by atoms with Crippen LogP contribution in [-0.2, 0) is 22.5 Å². The van der Waals surface area contributed by atoms with Crippen molar-refractivity contribution in [2.45, 2.75) is 0 Å². The molecule has 4 heavy (non-hydrogen) atoms. The van der Waals surface area contributed by atoms with Gasteiger partial charge in [-0.1, -0.05) is 0 Å². The van der Waals surface area contributed by atoms with Gasteiger partial charge in [-0.15, -0.1) is 0 Å². The van der Waals surface area contributed by atoms with E-state index in [4.69, 9.17) is 7.67 Å². The summed E-state index contributed by atoms with van der Waals surface area (Å²) in [7, 11) is 0. The Morgan fingerprint density at radius 1 is 1.25 bits per heavy atom. The quantitative estimate of drug-likeness (QED) is 0.558. The SMILES string of the molecule is [O]=[Mn]=[O].[Tl]. The summed E-state index contributed by atoms with van der Waals surface area (Å²) in [6.45, 7) is 0. The van der Waals surface area contributed by atoms with Crippen LogP contribution in [0.5, 0.6) is 0 Å². The van der Waals surface area contributed by atoms with E-state index in [0.717, 1.165) is 0 Å². The fourth-order valence-electron chi connectivity index (χ4n) is 0. The van der Waals surface area contributed by atoms with Crippen LogP contribution >= 0.6 is 0 Å². The zero-order valence-electron chi connectivity index (χ0n) is 1.77. The van der Waals surface area contributed by atoms with E-state index >= 15 is 0 Å². The zero-order chi connectivity index (χ0) is 2.71. The third-order valence-corrected chi connectivity index (χ3v) is 0. The normalized spacial score (nSPS) is 3.00. The van der Waals surface area contributed by atoms with Gasteiger partial charge in [0.2, 0.25) is 0 Å². The molecule has 22 valence electrons. The number of hydrogen-bond donors (Lipinski definition) is 0. The van der Waals surface area contributed by atoms with Crippen molar-refractivity contribution in [3.8, 4) is 0 Å². The van der Waals surface area contributed by atoms with Gasteiger partial charge in [0.25, 0.3) is 0 Å². The maximum atomic E-state index is 8.41. The first-order valence-electron chi connectivity index (χ1n) is 0.309. The first-order valence-corrected chi connectivity index (χ1v) is 1.27. The molecular weight excluding hydrogens is 291 g/mol. The molecule has 0 aromatic carbocycles. The molecule has 0 heterocycles. The van der Waals surface area contributed by atoms with E-state index in [1.165, 1.54) is 0 Å². The van der Waals surface area contributed by atoms with Gasteiger partial charge in [0.05, 0.1) is 0 Å². The predicted molar refractivity (Wildman–Crippen MR) is 7.13 cm³/mol. The Bertz CT molecular complexity index is 27.0. The molecule has 0 N–H and O–H groups in total. The second-order valence-corrected chi connectivity index (χ2v) is 0.260. The summed E-state index contributed by atoms with van der Waals surface area (Å²) in [4.78, 5) is 0. The topological polar surface area (TPSA) is 34.1 Å². The van der Waals surface area contributed by atoms with E-state index in [9.17, 15) is 0 Å². The van der Waals surface area contributed by atoms with Gasteiger partial charge in [-0.05, 0) is 0 Å². The molecule has 1 radical (unpaired) electrons. The molecule has 0 atom stereocenters. The first-order chi connectivity index (χ1) is 1.41. The summed E-state index contributed by atoms with van der Waals surface area (Å²) in [6, 6.07) is 0. The molecule has 0 aliphatic rings. The van der Waals surface area contributed by atoms with Gasteiger partial charge in [0.1, 0.15) is 0 Å². The van der Waals surface area contributed by atoms with Crippen LogP contribution in [0.1, 0.15) is 0 Å². The summed E-state index contributed by atoms with van der Waals surface area (Å²) >= 11 is -1.44. The van der Waals surface area contributed by atoms with Gasteiger partial charge >= 0.3 is 22.5 Å². The van der Waals surface area contributed by atoms with Crippen molar-refractivity contribution in [3.05, 3.63) is 0 Å². The van der Waals surface area contributed by atoms with E-state index < -0.39 is 14.8 Å². The van der Waals surface area contributed by atoms with Crippen LogP contribution in [0.4, 0.5) is 0 Å². The summed E-state index contributed by atoms with van der Waals surface area (Å²) in [5.41, 5.74) is 0. The van der Waals surface area contributed by atoms with E-state index in [2.05, 4.69) is 0 Å². The summed E-state index contributed by atoms with van der Waals surface area (Å²) in [5, 5.41) is 0. The first kappa shape index (κ1) is 8.90. The molecule has 0 spiro atoms. The Balaban J connectivity index is 0. The van der Waals surface area contributed by atoms with Crippen molar-refractivity contribution in [1.82, 2.24) is 0 Å². The molecule has 0 bridgehead atoms.